The fourth-order valence-corrected chi connectivity index (χ4v) is 0.761. The fourth-order valence-electron chi connectivity index (χ4n) is 0.323. The highest BCUT2D eigenvalue weighted by Gasteiger charge is 2.06. The first-order chi connectivity index (χ1) is 3.66. The van der Waals surface area contributed by atoms with Crippen LogP contribution in [0.4, 0.5) is 0 Å². The van der Waals surface area contributed by atoms with Crippen molar-refractivity contribution in [1.82, 2.24) is 5.23 Å². The number of carbonyl (C=O) groups is 1. The molecule has 0 saturated carbocycles. The second kappa shape index (κ2) is 4.29. The third kappa shape index (κ3) is 4.55. The molecule has 0 aliphatic rings. The Balaban J connectivity index is 3.24. The summed E-state index contributed by atoms with van der Waals surface area (Å²) in [6.45, 7) is 1.53. The third-order valence-electron chi connectivity index (χ3n) is 0.718. The van der Waals surface area contributed by atoms with E-state index in [2.05, 4.69) is 27.6 Å². The summed E-state index contributed by atoms with van der Waals surface area (Å²) < 4.78 is 0.296. The van der Waals surface area contributed by atoms with E-state index < -0.39 is 0 Å². The van der Waals surface area contributed by atoms with Crippen molar-refractivity contribution in [3.05, 3.63) is 0 Å². The zero-order valence-electron chi connectivity index (χ0n) is 5.07. The molecule has 0 atom stereocenters. The van der Waals surface area contributed by atoms with Crippen LogP contribution in [0.15, 0.2) is 0 Å². The van der Waals surface area contributed by atoms with Gasteiger partial charge >= 0.3 is 0 Å². The molecule has 42 valence electrons. The first-order valence-electron chi connectivity index (χ1n) is 2.58. The highest BCUT2D eigenvalue weighted by atomic mass is 127. The largest absolute Gasteiger partial charge is 0.397 e. The van der Waals surface area contributed by atoms with Gasteiger partial charge in [-0.15, -0.1) is 22.4 Å². The Morgan fingerprint density at radius 3 is 2.62 bits per heavy atom. The van der Waals surface area contributed by atoms with E-state index in [-0.39, 0.29) is 5.91 Å². The lowest BCUT2D eigenvalue weighted by Crippen LogP contribution is -2.37. The number of hydrogen-bond donors (Lipinski definition) is 1. The van der Waals surface area contributed by atoms with Crippen LogP contribution in [0.25, 0.3) is 0 Å². The predicted molar refractivity (Wildman–Crippen MR) is 49.3 cm³/mol. The summed E-state index contributed by atoms with van der Waals surface area (Å²) in [7, 11) is 3.02. The van der Waals surface area contributed by atoms with E-state index >= 15 is 0 Å². The third-order valence-corrected chi connectivity index (χ3v) is 1.91. The summed E-state index contributed by atoms with van der Waals surface area (Å²) in [5.74, 6) is 0.0475. The van der Waals surface area contributed by atoms with Crippen molar-refractivity contribution >= 4 is 47.7 Å². The van der Waals surface area contributed by atoms with Gasteiger partial charge in [0.15, 0.2) is 0 Å². The number of rotatable bonds is 2. The van der Waals surface area contributed by atoms with Gasteiger partial charge in [0.25, 0.3) is 4.59 Å². The van der Waals surface area contributed by atoms with E-state index in [0.29, 0.717) is 4.59 Å². The monoisotopic (exact) mass is 221 g/mol. The zero-order chi connectivity index (χ0) is 6.57. The molecular formula is C2H7B3INO. The summed E-state index contributed by atoms with van der Waals surface area (Å²) in [6.07, 6.45) is 0. The van der Waals surface area contributed by atoms with Crippen LogP contribution in [0, 0.1) is 0 Å². The molecule has 0 unspecified atom stereocenters. The number of nitrogens with one attached hydrogen (secondary N) is 1. The number of hydrogen-bond acceptors (Lipinski definition) is 1. The molecule has 0 heterocycles. The van der Waals surface area contributed by atoms with Crippen LogP contribution < -0.4 is 5.23 Å². The summed E-state index contributed by atoms with van der Waals surface area (Å²) in [5.41, 5.74) is 0. The Kier molecular flexibility index (Phi) is 4.50. The molecule has 0 aromatic carbocycles. The van der Waals surface area contributed by atoms with Gasteiger partial charge in [0.2, 0.25) is 5.91 Å². The maximum atomic E-state index is 10.3. The number of amides is 1. The van der Waals surface area contributed by atoms with Gasteiger partial charge in [-0.25, -0.2) is 0 Å². The molecular weight excluding hydrogens is 213 g/mol. The Bertz CT molecular complexity index is 89.4. The molecule has 0 aliphatic carbocycles. The van der Waals surface area contributed by atoms with E-state index in [0.717, 1.165) is 7.06 Å². The van der Waals surface area contributed by atoms with Crippen LogP contribution in [-0.4, -0.2) is 25.3 Å². The van der Waals surface area contributed by atoms with Gasteiger partial charge in [0.05, 0.1) is 14.8 Å². The minimum Gasteiger partial charge on any atom is -0.397 e. The smallest absolute Gasteiger partial charge is 0.275 e. The Hall–Kier alpha value is 0.395. The Labute approximate surface area is 64.8 Å². The van der Waals surface area contributed by atoms with E-state index in [1.54, 1.807) is 0 Å². The molecule has 8 heavy (non-hydrogen) atoms. The quantitative estimate of drug-likeness (QED) is 0.447. The molecule has 0 rings (SSSR count). The molecule has 0 aromatic heterocycles. The summed E-state index contributed by atoms with van der Waals surface area (Å²) in [5, 5.41) is 2.74. The van der Waals surface area contributed by atoms with Crippen LogP contribution in [0.3, 0.4) is 0 Å². The van der Waals surface area contributed by atoms with Gasteiger partial charge in [-0.2, -0.15) is 0 Å². The van der Waals surface area contributed by atoms with Gasteiger partial charge in [-0.3, -0.25) is 4.79 Å². The standard InChI is InChI=1S/C2H7B3INO/c1-2(8)7-5(6)4-3/h4H,3H2,1H3,(H,7,8). The van der Waals surface area contributed by atoms with Crippen LogP contribution in [0.1, 0.15) is 6.92 Å². The Morgan fingerprint density at radius 1 is 2.00 bits per heavy atom. The molecule has 2 nitrogen and oxygen atoms in total. The van der Waals surface area contributed by atoms with Crippen LogP contribution >= 0.6 is 22.4 Å². The summed E-state index contributed by atoms with van der Waals surface area (Å²) >= 11 is 2.19. The van der Waals surface area contributed by atoms with E-state index in [1.165, 1.54) is 6.92 Å². The molecule has 0 aliphatic heterocycles. The van der Waals surface area contributed by atoms with E-state index in [1.807, 2.05) is 7.74 Å². The molecule has 0 spiro atoms. The van der Waals surface area contributed by atoms with Crippen LogP contribution in [-0.2, 0) is 4.79 Å². The van der Waals surface area contributed by atoms with Crippen molar-refractivity contribution in [2.24, 2.45) is 0 Å². The van der Waals surface area contributed by atoms with Crippen molar-refractivity contribution in [3.63, 3.8) is 0 Å². The minimum atomic E-state index is 0.0475. The van der Waals surface area contributed by atoms with Crippen molar-refractivity contribution in [1.29, 1.82) is 0 Å². The fraction of sp³-hybridized carbons (Fsp3) is 0.500. The second-order valence-electron chi connectivity index (χ2n) is 1.58. The Morgan fingerprint density at radius 2 is 2.50 bits per heavy atom. The molecule has 6 heteroatoms. The maximum absolute atomic E-state index is 10.3. The first kappa shape index (κ1) is 8.39. The normalized spacial score (nSPS) is 7.75. The maximum Gasteiger partial charge on any atom is 0.275 e. The molecule has 0 aromatic rings. The zero-order valence-corrected chi connectivity index (χ0v) is 7.23. The highest BCUT2D eigenvalue weighted by molar-refractivity contribution is 14.1. The van der Waals surface area contributed by atoms with Crippen molar-refractivity contribution in [3.8, 4) is 0 Å². The molecule has 1 amide bonds. The van der Waals surface area contributed by atoms with Crippen molar-refractivity contribution in [2.75, 3.05) is 0 Å². The minimum absolute atomic E-state index is 0.0475. The molecule has 0 bridgehead atoms. The summed E-state index contributed by atoms with van der Waals surface area (Å²) in [4.78, 5) is 10.3. The van der Waals surface area contributed by atoms with Gasteiger partial charge in [-0.05, 0) is 0 Å². The van der Waals surface area contributed by atoms with Gasteiger partial charge in [0.1, 0.15) is 0 Å². The average molecular weight is 220 g/mol. The molecule has 0 radical (unpaired) electrons. The number of carbonyl (C=O) groups excluding carboxylic acids is 1. The molecule has 0 fully saturated rings. The van der Waals surface area contributed by atoms with Crippen molar-refractivity contribution in [2.45, 2.75) is 6.92 Å². The van der Waals surface area contributed by atoms with Gasteiger partial charge in [0, 0.05) is 6.92 Å². The van der Waals surface area contributed by atoms with Crippen LogP contribution in [0.2, 0.25) is 0 Å². The second-order valence-corrected chi connectivity index (χ2v) is 3.08. The number of halogens is 1. The lowest BCUT2D eigenvalue weighted by Gasteiger charge is -2.00. The topological polar surface area (TPSA) is 29.1 Å². The molecule has 0 saturated heterocycles. The first-order valence-corrected chi connectivity index (χ1v) is 3.82. The average Bonchev–Trinajstić information content (AvgIpc) is 1.65. The van der Waals surface area contributed by atoms with Crippen LogP contribution in [0.5, 0.6) is 0 Å². The van der Waals surface area contributed by atoms with Gasteiger partial charge < -0.3 is 5.23 Å². The lowest BCUT2D eigenvalue weighted by atomic mass is 9.33. The van der Waals surface area contributed by atoms with E-state index in [4.69, 9.17) is 0 Å². The SMILES string of the molecule is BBB(I)NC(C)=O. The lowest BCUT2D eigenvalue weighted by molar-refractivity contribution is -0.117. The van der Waals surface area contributed by atoms with Crippen molar-refractivity contribution < 1.29 is 4.79 Å². The van der Waals surface area contributed by atoms with E-state index in [9.17, 15) is 4.79 Å². The van der Waals surface area contributed by atoms with Gasteiger partial charge in [-0.1, -0.05) is 0 Å². The predicted octanol–water partition coefficient (Wildman–Crippen LogP) is -1.47. The molecule has 1 N–H and O–H groups in total. The highest BCUT2D eigenvalue weighted by Crippen LogP contribution is 1.83. The summed E-state index contributed by atoms with van der Waals surface area (Å²) in [6, 6.07) is 0.